The molecule has 4 rings (SSSR count). The third-order valence-corrected chi connectivity index (χ3v) is 5.25. The Morgan fingerprint density at radius 3 is 2.41 bits per heavy atom. The maximum Gasteiger partial charge on any atom is 0.258 e. The lowest BCUT2D eigenvalue weighted by Gasteiger charge is -2.34. The summed E-state index contributed by atoms with van der Waals surface area (Å²) < 4.78 is 26.7. The largest absolute Gasteiger partial charge is 0.493 e. The Morgan fingerprint density at radius 1 is 1.00 bits per heavy atom. The van der Waals surface area contributed by atoms with E-state index in [0.717, 1.165) is 26.2 Å². The predicted molar refractivity (Wildman–Crippen MR) is 110 cm³/mol. The molecule has 0 bridgehead atoms. The van der Waals surface area contributed by atoms with Gasteiger partial charge in [0.1, 0.15) is 0 Å². The molecule has 1 saturated heterocycles. The van der Waals surface area contributed by atoms with Gasteiger partial charge in [0.15, 0.2) is 23.0 Å². The van der Waals surface area contributed by atoms with Gasteiger partial charge in [-0.3, -0.25) is 9.20 Å². The van der Waals surface area contributed by atoms with Crippen LogP contribution in [0.15, 0.2) is 41.3 Å². The molecule has 1 aromatic carbocycles. The summed E-state index contributed by atoms with van der Waals surface area (Å²) in [5.41, 5.74) is 1.37. The van der Waals surface area contributed by atoms with Gasteiger partial charge in [-0.25, -0.2) is 9.37 Å². The fourth-order valence-corrected chi connectivity index (χ4v) is 3.53. The Balaban J connectivity index is 1.77. The summed E-state index contributed by atoms with van der Waals surface area (Å²) in [6.45, 7) is 3.36. The molecule has 29 heavy (non-hydrogen) atoms. The number of halogens is 1. The van der Waals surface area contributed by atoms with Crippen LogP contribution in [0.3, 0.4) is 0 Å². The van der Waals surface area contributed by atoms with Crippen molar-refractivity contribution in [2.24, 2.45) is 0 Å². The van der Waals surface area contributed by atoms with Crippen molar-refractivity contribution < 1.29 is 13.9 Å². The molecule has 0 spiro atoms. The van der Waals surface area contributed by atoms with Crippen LogP contribution in [0, 0.1) is 5.82 Å². The Morgan fingerprint density at radius 2 is 1.72 bits per heavy atom. The molecule has 3 heterocycles. The van der Waals surface area contributed by atoms with Crippen molar-refractivity contribution >= 4 is 11.3 Å². The van der Waals surface area contributed by atoms with E-state index < -0.39 is 5.82 Å². The number of aromatic nitrogens is 2. The van der Waals surface area contributed by atoms with Crippen LogP contribution >= 0.6 is 0 Å². The van der Waals surface area contributed by atoms with Gasteiger partial charge >= 0.3 is 0 Å². The molecule has 0 radical (unpaired) electrons. The second-order valence-corrected chi connectivity index (χ2v) is 7.08. The summed E-state index contributed by atoms with van der Waals surface area (Å²) in [5, 5.41) is 0. The van der Waals surface area contributed by atoms with Crippen LogP contribution in [0.4, 0.5) is 10.1 Å². The second kappa shape index (κ2) is 7.71. The number of rotatable bonds is 4. The highest BCUT2D eigenvalue weighted by molar-refractivity contribution is 5.66. The molecular weight excluding hydrogens is 375 g/mol. The zero-order chi connectivity index (χ0) is 20.5. The molecule has 0 unspecified atom stereocenters. The molecule has 0 amide bonds. The summed E-state index contributed by atoms with van der Waals surface area (Å²) in [4.78, 5) is 21.5. The first-order chi connectivity index (χ1) is 14.0. The smallest absolute Gasteiger partial charge is 0.258 e. The molecule has 3 aromatic rings. The average molecular weight is 398 g/mol. The molecule has 1 fully saturated rings. The van der Waals surface area contributed by atoms with Crippen molar-refractivity contribution in [1.29, 1.82) is 0 Å². The van der Waals surface area contributed by atoms with Crippen molar-refractivity contribution in [2.75, 3.05) is 52.3 Å². The van der Waals surface area contributed by atoms with E-state index >= 15 is 0 Å². The van der Waals surface area contributed by atoms with Gasteiger partial charge in [-0.2, -0.15) is 0 Å². The first-order valence-electron chi connectivity index (χ1n) is 9.39. The predicted octanol–water partition coefficient (Wildman–Crippen LogP) is 2.27. The van der Waals surface area contributed by atoms with Crippen LogP contribution in [0.5, 0.6) is 11.5 Å². The third kappa shape index (κ3) is 3.63. The Hall–Kier alpha value is -3.13. The minimum absolute atomic E-state index is 0.000150. The third-order valence-electron chi connectivity index (χ3n) is 5.25. The number of hydrogen-bond acceptors (Lipinski definition) is 6. The molecule has 7 nitrogen and oxygen atoms in total. The standard InChI is InChI=1S/C21H23FN4O3/c1-24-6-8-25(9-7-24)15-11-16(22)21-23-17(12-20(27)26(21)13-15)14-4-5-18(28-2)19(10-14)29-3/h4-5,10-13H,6-9H2,1-3H3. The van der Waals surface area contributed by atoms with E-state index in [-0.39, 0.29) is 11.2 Å². The second-order valence-electron chi connectivity index (χ2n) is 7.08. The van der Waals surface area contributed by atoms with Gasteiger partial charge in [0, 0.05) is 50.1 Å². The van der Waals surface area contributed by atoms with Crippen molar-refractivity contribution in [1.82, 2.24) is 14.3 Å². The highest BCUT2D eigenvalue weighted by Crippen LogP contribution is 2.31. The maximum absolute atomic E-state index is 14.9. The highest BCUT2D eigenvalue weighted by atomic mass is 19.1. The summed E-state index contributed by atoms with van der Waals surface area (Å²) in [5.74, 6) is 0.551. The lowest BCUT2D eigenvalue weighted by Crippen LogP contribution is -2.44. The number of hydrogen-bond donors (Lipinski definition) is 0. The molecule has 0 saturated carbocycles. The van der Waals surface area contributed by atoms with Gasteiger partial charge in [-0.15, -0.1) is 0 Å². The van der Waals surface area contributed by atoms with Gasteiger partial charge in [0.05, 0.1) is 25.6 Å². The molecular formula is C21H23FN4O3. The first-order valence-corrected chi connectivity index (χ1v) is 9.39. The fourth-order valence-electron chi connectivity index (χ4n) is 3.53. The van der Waals surface area contributed by atoms with Crippen LogP contribution in [0.25, 0.3) is 16.9 Å². The maximum atomic E-state index is 14.9. The first kappa shape index (κ1) is 19.2. The zero-order valence-corrected chi connectivity index (χ0v) is 16.7. The topological polar surface area (TPSA) is 59.3 Å². The molecule has 0 N–H and O–H groups in total. The summed E-state index contributed by atoms with van der Waals surface area (Å²) in [6, 6.07) is 8.06. The summed E-state index contributed by atoms with van der Waals surface area (Å²) in [6.07, 6.45) is 1.66. The molecule has 0 atom stereocenters. The number of likely N-dealkylation sites (N-methyl/N-ethyl adjacent to an activating group) is 1. The van der Waals surface area contributed by atoms with E-state index in [1.807, 2.05) is 0 Å². The van der Waals surface area contributed by atoms with E-state index in [2.05, 4.69) is 21.8 Å². The summed E-state index contributed by atoms with van der Waals surface area (Å²) in [7, 11) is 5.14. The van der Waals surface area contributed by atoms with Crippen molar-refractivity contribution in [2.45, 2.75) is 0 Å². The monoisotopic (exact) mass is 398 g/mol. The fraction of sp³-hybridized carbons (Fsp3) is 0.333. The molecule has 152 valence electrons. The van der Waals surface area contributed by atoms with Crippen LogP contribution in [0.1, 0.15) is 0 Å². The van der Waals surface area contributed by atoms with Crippen LogP contribution in [-0.4, -0.2) is 61.7 Å². The number of ether oxygens (including phenoxy) is 2. The average Bonchev–Trinajstić information content (AvgIpc) is 2.74. The van der Waals surface area contributed by atoms with E-state index in [9.17, 15) is 9.18 Å². The van der Waals surface area contributed by atoms with Crippen molar-refractivity contribution in [3.05, 3.63) is 52.7 Å². The van der Waals surface area contributed by atoms with Gasteiger partial charge in [-0.05, 0) is 25.2 Å². The zero-order valence-electron chi connectivity index (χ0n) is 16.7. The van der Waals surface area contributed by atoms with Crippen molar-refractivity contribution in [3.8, 4) is 22.8 Å². The van der Waals surface area contributed by atoms with Crippen molar-refractivity contribution in [3.63, 3.8) is 0 Å². The van der Waals surface area contributed by atoms with Gasteiger partial charge in [0.2, 0.25) is 0 Å². The Kier molecular flexibility index (Phi) is 5.10. The number of fused-ring (bicyclic) bond motifs is 1. The van der Waals surface area contributed by atoms with Gasteiger partial charge in [-0.1, -0.05) is 0 Å². The van der Waals surface area contributed by atoms with E-state index in [1.54, 1.807) is 31.5 Å². The number of pyridine rings is 1. The lowest BCUT2D eigenvalue weighted by molar-refractivity contribution is 0.312. The highest BCUT2D eigenvalue weighted by Gasteiger charge is 2.18. The molecule has 8 heteroatoms. The SMILES string of the molecule is COc1ccc(-c2cc(=O)n3cc(N4CCN(C)CC4)cc(F)c3n2)cc1OC. The van der Waals surface area contributed by atoms with Gasteiger partial charge in [0.25, 0.3) is 5.56 Å². The Bertz CT molecular complexity index is 1110. The normalized spacial score (nSPS) is 15.0. The molecule has 2 aromatic heterocycles. The minimum Gasteiger partial charge on any atom is -0.493 e. The molecule has 0 aliphatic carbocycles. The number of anilines is 1. The minimum atomic E-state index is -0.527. The number of benzene rings is 1. The summed E-state index contributed by atoms with van der Waals surface area (Å²) >= 11 is 0. The lowest BCUT2D eigenvalue weighted by atomic mass is 10.1. The van der Waals surface area contributed by atoms with Crippen LogP contribution in [0.2, 0.25) is 0 Å². The quantitative estimate of drug-likeness (QED) is 0.672. The Labute approximate surface area is 167 Å². The molecule has 1 aliphatic heterocycles. The van der Waals surface area contributed by atoms with Gasteiger partial charge < -0.3 is 19.3 Å². The number of piperazine rings is 1. The molecule has 1 aliphatic rings. The van der Waals surface area contributed by atoms with E-state index in [1.165, 1.54) is 23.6 Å². The number of methoxy groups -OCH3 is 2. The van der Waals surface area contributed by atoms with Crippen LogP contribution < -0.4 is 19.9 Å². The number of nitrogens with zero attached hydrogens (tertiary/aromatic N) is 4. The van der Waals surface area contributed by atoms with E-state index in [0.29, 0.717) is 28.4 Å². The van der Waals surface area contributed by atoms with E-state index in [4.69, 9.17) is 9.47 Å². The van der Waals surface area contributed by atoms with Crippen LogP contribution in [-0.2, 0) is 0 Å².